The van der Waals surface area contributed by atoms with Crippen LogP contribution in [0.2, 0.25) is 0 Å². The molecule has 0 atom stereocenters. The minimum Gasteiger partial charge on any atom is -0.465 e. The summed E-state index contributed by atoms with van der Waals surface area (Å²) in [6.45, 7) is 1.38. The van der Waals surface area contributed by atoms with Crippen LogP contribution >= 0.6 is 0 Å². The van der Waals surface area contributed by atoms with Crippen molar-refractivity contribution in [2.45, 2.75) is 6.92 Å². The highest BCUT2D eigenvalue weighted by Gasteiger charge is 2.19. The first-order chi connectivity index (χ1) is 11.9. The van der Waals surface area contributed by atoms with Crippen LogP contribution in [0.25, 0.3) is 0 Å². The highest BCUT2D eigenvalue weighted by Crippen LogP contribution is 2.20. The molecule has 1 amide bonds. The average molecular weight is 344 g/mol. The number of anilines is 1. The van der Waals surface area contributed by atoms with Gasteiger partial charge in [0.15, 0.2) is 5.78 Å². The van der Waals surface area contributed by atoms with Gasteiger partial charge in [0.05, 0.1) is 31.0 Å². The van der Waals surface area contributed by atoms with E-state index in [0.29, 0.717) is 5.56 Å². The number of esters is 2. The quantitative estimate of drug-likeness (QED) is 0.634. The van der Waals surface area contributed by atoms with Gasteiger partial charge in [-0.3, -0.25) is 9.59 Å². The molecule has 8 heteroatoms. The topological polar surface area (TPSA) is 115 Å². The molecule has 1 heterocycles. The fourth-order valence-corrected chi connectivity index (χ4v) is 2.10. The number of benzene rings is 1. The molecule has 0 aliphatic carbocycles. The van der Waals surface area contributed by atoms with Crippen LogP contribution in [0, 0.1) is 0 Å². The van der Waals surface area contributed by atoms with Gasteiger partial charge in [-0.25, -0.2) is 9.59 Å². The largest absolute Gasteiger partial charge is 0.465 e. The summed E-state index contributed by atoms with van der Waals surface area (Å²) in [7, 11) is 2.42. The Kier molecular flexibility index (Phi) is 5.33. The second-order valence-corrected chi connectivity index (χ2v) is 5.06. The molecule has 0 radical (unpaired) electrons. The summed E-state index contributed by atoms with van der Waals surface area (Å²) in [5.74, 6) is -2.08. The number of amides is 1. The van der Waals surface area contributed by atoms with Crippen molar-refractivity contribution in [1.29, 1.82) is 0 Å². The SMILES string of the molecule is COC(=O)c1ccc(C(=O)OC)c(NC(=O)c2cc(C(C)=O)c[nH]2)c1. The number of methoxy groups -OCH3 is 2. The van der Waals surface area contributed by atoms with Gasteiger partial charge in [-0.2, -0.15) is 0 Å². The lowest BCUT2D eigenvalue weighted by Crippen LogP contribution is -2.16. The summed E-state index contributed by atoms with van der Waals surface area (Å²) in [6, 6.07) is 5.43. The third-order valence-corrected chi connectivity index (χ3v) is 3.43. The Morgan fingerprint density at radius 3 is 2.20 bits per heavy atom. The Morgan fingerprint density at radius 2 is 1.64 bits per heavy atom. The van der Waals surface area contributed by atoms with Gasteiger partial charge < -0.3 is 19.8 Å². The molecule has 25 heavy (non-hydrogen) atoms. The molecule has 0 aliphatic heterocycles. The first kappa shape index (κ1) is 17.9. The average Bonchev–Trinajstić information content (AvgIpc) is 3.10. The van der Waals surface area contributed by atoms with Gasteiger partial charge >= 0.3 is 11.9 Å². The lowest BCUT2D eigenvalue weighted by Gasteiger charge is -2.11. The van der Waals surface area contributed by atoms with Crippen LogP contribution in [0.3, 0.4) is 0 Å². The molecule has 2 N–H and O–H groups in total. The van der Waals surface area contributed by atoms with Crippen molar-refractivity contribution in [2.24, 2.45) is 0 Å². The second-order valence-electron chi connectivity index (χ2n) is 5.06. The minimum absolute atomic E-state index is 0.0712. The molecule has 1 aromatic heterocycles. The molecule has 0 aliphatic rings. The molecule has 2 aromatic rings. The van der Waals surface area contributed by atoms with Crippen LogP contribution in [0.4, 0.5) is 5.69 Å². The van der Waals surface area contributed by atoms with Gasteiger partial charge in [-0.1, -0.05) is 0 Å². The summed E-state index contributed by atoms with van der Waals surface area (Å²) in [5.41, 5.74) is 0.785. The third-order valence-electron chi connectivity index (χ3n) is 3.43. The maximum absolute atomic E-state index is 12.3. The van der Waals surface area contributed by atoms with Crippen LogP contribution in [0.5, 0.6) is 0 Å². The molecular weight excluding hydrogens is 328 g/mol. The Morgan fingerprint density at radius 1 is 0.960 bits per heavy atom. The Hall–Kier alpha value is -3.42. The van der Waals surface area contributed by atoms with Crippen LogP contribution in [0.15, 0.2) is 30.5 Å². The Balaban J connectivity index is 2.37. The van der Waals surface area contributed by atoms with E-state index in [0.717, 1.165) is 0 Å². The molecule has 0 saturated carbocycles. The minimum atomic E-state index is -0.678. The van der Waals surface area contributed by atoms with Crippen molar-refractivity contribution >= 4 is 29.3 Å². The number of H-pyrrole nitrogens is 1. The summed E-state index contributed by atoms with van der Waals surface area (Å²) in [5, 5.41) is 2.52. The van der Waals surface area contributed by atoms with E-state index >= 15 is 0 Å². The van der Waals surface area contributed by atoms with E-state index in [1.165, 1.54) is 51.6 Å². The van der Waals surface area contributed by atoms with E-state index < -0.39 is 17.8 Å². The maximum atomic E-state index is 12.3. The van der Waals surface area contributed by atoms with Crippen molar-refractivity contribution in [3.8, 4) is 0 Å². The fraction of sp³-hybridized carbons (Fsp3) is 0.176. The van der Waals surface area contributed by atoms with Crippen molar-refractivity contribution in [2.75, 3.05) is 19.5 Å². The van der Waals surface area contributed by atoms with Crippen molar-refractivity contribution in [3.63, 3.8) is 0 Å². The van der Waals surface area contributed by atoms with E-state index in [1.54, 1.807) is 0 Å². The zero-order valence-electron chi connectivity index (χ0n) is 13.8. The Labute approximate surface area is 143 Å². The predicted octanol–water partition coefficient (Wildman–Crippen LogP) is 2.04. The lowest BCUT2D eigenvalue weighted by atomic mass is 10.1. The first-order valence-electron chi connectivity index (χ1n) is 7.18. The molecule has 0 bridgehead atoms. The number of carbonyl (C=O) groups excluding carboxylic acids is 4. The van der Waals surface area contributed by atoms with Crippen molar-refractivity contribution in [1.82, 2.24) is 4.98 Å². The van der Waals surface area contributed by atoms with E-state index in [9.17, 15) is 19.2 Å². The molecule has 2 rings (SSSR count). The molecule has 0 spiro atoms. The van der Waals surface area contributed by atoms with E-state index in [4.69, 9.17) is 0 Å². The van der Waals surface area contributed by atoms with Crippen LogP contribution in [0.1, 0.15) is 48.5 Å². The number of hydrogen-bond acceptors (Lipinski definition) is 6. The lowest BCUT2D eigenvalue weighted by molar-refractivity contribution is 0.0587. The molecule has 130 valence electrons. The molecule has 0 saturated heterocycles. The van der Waals surface area contributed by atoms with Gasteiger partial charge in [0.2, 0.25) is 0 Å². The standard InChI is InChI=1S/C17H16N2O6/c1-9(20)11-7-14(18-8-11)15(21)19-13-6-10(16(22)24-2)4-5-12(13)17(23)25-3/h4-8,18H,1-3H3,(H,19,21). The van der Waals surface area contributed by atoms with Crippen molar-refractivity contribution < 1.29 is 28.7 Å². The van der Waals surface area contributed by atoms with Gasteiger partial charge in [0, 0.05) is 11.8 Å². The van der Waals surface area contributed by atoms with Gasteiger partial charge in [-0.05, 0) is 31.2 Å². The van der Waals surface area contributed by atoms with Gasteiger partial charge in [-0.15, -0.1) is 0 Å². The third kappa shape index (κ3) is 3.92. The molecule has 0 fully saturated rings. The maximum Gasteiger partial charge on any atom is 0.339 e. The number of rotatable bonds is 5. The summed E-state index contributed by atoms with van der Waals surface area (Å²) in [4.78, 5) is 49.8. The van der Waals surface area contributed by atoms with Gasteiger partial charge in [0.1, 0.15) is 5.69 Å². The molecule has 0 unspecified atom stereocenters. The Bertz CT molecular complexity index is 853. The number of carbonyl (C=O) groups is 4. The summed E-state index contributed by atoms with van der Waals surface area (Å²) < 4.78 is 9.29. The predicted molar refractivity (Wildman–Crippen MR) is 87.9 cm³/mol. The normalized spacial score (nSPS) is 10.0. The van der Waals surface area contributed by atoms with Crippen LogP contribution < -0.4 is 5.32 Å². The van der Waals surface area contributed by atoms with Crippen LogP contribution in [-0.2, 0) is 9.47 Å². The summed E-state index contributed by atoms with van der Waals surface area (Å²) >= 11 is 0. The monoisotopic (exact) mass is 344 g/mol. The molecular formula is C17H16N2O6. The van der Waals surface area contributed by atoms with E-state index in [-0.39, 0.29) is 28.3 Å². The number of Topliss-reactive ketones (excluding diaryl/α,β-unsaturated/α-hetero) is 1. The first-order valence-corrected chi connectivity index (χ1v) is 7.18. The highest BCUT2D eigenvalue weighted by molar-refractivity contribution is 6.09. The zero-order chi connectivity index (χ0) is 18.6. The number of hydrogen-bond donors (Lipinski definition) is 2. The highest BCUT2D eigenvalue weighted by atomic mass is 16.5. The fourth-order valence-electron chi connectivity index (χ4n) is 2.10. The number of nitrogens with one attached hydrogen (secondary N) is 2. The molecule has 1 aromatic carbocycles. The smallest absolute Gasteiger partial charge is 0.339 e. The zero-order valence-corrected chi connectivity index (χ0v) is 13.8. The number of aromatic amines is 1. The second kappa shape index (κ2) is 7.43. The van der Waals surface area contributed by atoms with Gasteiger partial charge in [0.25, 0.3) is 5.91 Å². The van der Waals surface area contributed by atoms with Crippen molar-refractivity contribution in [3.05, 3.63) is 52.8 Å². The number of aromatic nitrogens is 1. The number of ketones is 1. The van der Waals surface area contributed by atoms with E-state index in [1.807, 2.05) is 0 Å². The molecule has 8 nitrogen and oxygen atoms in total. The van der Waals surface area contributed by atoms with Crippen LogP contribution in [-0.4, -0.2) is 42.8 Å². The number of ether oxygens (including phenoxy) is 2. The summed E-state index contributed by atoms with van der Waals surface area (Å²) in [6.07, 6.45) is 1.41. The van der Waals surface area contributed by atoms with E-state index in [2.05, 4.69) is 19.8 Å².